The summed E-state index contributed by atoms with van der Waals surface area (Å²) in [7, 11) is 2.19. The lowest BCUT2D eigenvalue weighted by Gasteiger charge is -2.28. The summed E-state index contributed by atoms with van der Waals surface area (Å²) in [6.45, 7) is 7.50. The summed E-state index contributed by atoms with van der Waals surface area (Å²) >= 11 is 0. The molecule has 0 aromatic carbocycles. The molecule has 4 heteroatoms. The van der Waals surface area contributed by atoms with Crippen LogP contribution in [0, 0.1) is 0 Å². The fourth-order valence-corrected chi connectivity index (χ4v) is 2.55. The lowest BCUT2D eigenvalue weighted by atomic mass is 10.2. The summed E-state index contributed by atoms with van der Waals surface area (Å²) in [5.74, 6) is 1.01. The molecule has 4 nitrogen and oxygen atoms in total. The highest BCUT2D eigenvalue weighted by molar-refractivity contribution is 5.39. The van der Waals surface area contributed by atoms with Crippen LogP contribution < -0.4 is 4.90 Å². The predicted octanol–water partition coefficient (Wildman–Crippen LogP) is 2.34. The van der Waals surface area contributed by atoms with E-state index in [0.29, 0.717) is 6.04 Å². The SMILES string of the molecule is CC(C)=CCN(C)CC1CCCN1c1cccnn1. The number of rotatable bonds is 5. The maximum atomic E-state index is 4.24. The van der Waals surface area contributed by atoms with E-state index in [-0.39, 0.29) is 0 Å². The number of hydrogen-bond acceptors (Lipinski definition) is 4. The largest absolute Gasteiger partial charge is 0.351 e. The molecule has 1 atom stereocenters. The highest BCUT2D eigenvalue weighted by Gasteiger charge is 2.26. The molecule has 2 rings (SSSR count). The minimum atomic E-state index is 0.562. The van der Waals surface area contributed by atoms with Gasteiger partial charge in [-0.05, 0) is 45.9 Å². The van der Waals surface area contributed by atoms with Gasteiger partial charge < -0.3 is 9.80 Å². The van der Waals surface area contributed by atoms with Gasteiger partial charge in [0.2, 0.25) is 0 Å². The number of allylic oxidation sites excluding steroid dienone is 1. The van der Waals surface area contributed by atoms with Crippen molar-refractivity contribution in [3.63, 3.8) is 0 Å². The molecule has 0 amide bonds. The molecule has 1 unspecified atom stereocenters. The lowest BCUT2D eigenvalue weighted by Crippen LogP contribution is -2.39. The summed E-state index contributed by atoms with van der Waals surface area (Å²) in [5, 5.41) is 8.23. The first-order valence-electron chi connectivity index (χ1n) is 7.03. The lowest BCUT2D eigenvalue weighted by molar-refractivity contribution is 0.339. The summed E-state index contributed by atoms with van der Waals surface area (Å²) in [6, 6.07) is 4.58. The van der Waals surface area contributed by atoms with Gasteiger partial charge in [0.25, 0.3) is 0 Å². The van der Waals surface area contributed by atoms with Gasteiger partial charge in [0.05, 0.1) is 0 Å². The smallest absolute Gasteiger partial charge is 0.151 e. The molecule has 1 aromatic heterocycles. The zero-order valence-corrected chi connectivity index (χ0v) is 12.2. The first-order valence-corrected chi connectivity index (χ1v) is 7.03. The Kier molecular flexibility index (Phi) is 4.91. The van der Waals surface area contributed by atoms with E-state index in [4.69, 9.17) is 0 Å². The third kappa shape index (κ3) is 4.03. The second-order valence-corrected chi connectivity index (χ2v) is 5.57. The van der Waals surface area contributed by atoms with Crippen molar-refractivity contribution in [2.75, 3.05) is 31.6 Å². The number of anilines is 1. The number of aromatic nitrogens is 2. The summed E-state index contributed by atoms with van der Waals surface area (Å²) < 4.78 is 0. The third-order valence-corrected chi connectivity index (χ3v) is 3.56. The van der Waals surface area contributed by atoms with Crippen molar-refractivity contribution in [2.45, 2.75) is 32.7 Å². The van der Waals surface area contributed by atoms with E-state index < -0.39 is 0 Å². The molecule has 1 aromatic rings. The van der Waals surface area contributed by atoms with Crippen LogP contribution >= 0.6 is 0 Å². The average molecular weight is 260 g/mol. The van der Waals surface area contributed by atoms with E-state index in [9.17, 15) is 0 Å². The van der Waals surface area contributed by atoms with E-state index in [1.807, 2.05) is 6.07 Å². The van der Waals surface area contributed by atoms with Gasteiger partial charge >= 0.3 is 0 Å². The van der Waals surface area contributed by atoms with Gasteiger partial charge in [-0.3, -0.25) is 0 Å². The van der Waals surface area contributed by atoms with E-state index in [1.165, 1.54) is 18.4 Å². The van der Waals surface area contributed by atoms with E-state index in [0.717, 1.165) is 25.5 Å². The van der Waals surface area contributed by atoms with Crippen LogP contribution in [0.1, 0.15) is 26.7 Å². The molecule has 19 heavy (non-hydrogen) atoms. The zero-order chi connectivity index (χ0) is 13.7. The van der Waals surface area contributed by atoms with E-state index in [1.54, 1.807) is 6.20 Å². The van der Waals surface area contributed by atoms with Gasteiger partial charge in [0, 0.05) is 31.9 Å². The first-order chi connectivity index (χ1) is 9.16. The third-order valence-electron chi connectivity index (χ3n) is 3.56. The number of hydrogen-bond donors (Lipinski definition) is 0. The highest BCUT2D eigenvalue weighted by Crippen LogP contribution is 2.23. The van der Waals surface area contributed by atoms with Gasteiger partial charge in [-0.1, -0.05) is 11.6 Å². The summed E-state index contributed by atoms with van der Waals surface area (Å²) in [5.41, 5.74) is 1.38. The van der Waals surface area contributed by atoms with Gasteiger partial charge in [-0.25, -0.2) is 0 Å². The molecule has 1 aliphatic rings. The Morgan fingerprint density at radius 2 is 2.37 bits per heavy atom. The number of nitrogens with zero attached hydrogens (tertiary/aromatic N) is 4. The minimum Gasteiger partial charge on any atom is -0.351 e. The molecule has 104 valence electrons. The molecule has 2 heterocycles. The Labute approximate surface area is 116 Å². The normalized spacial score (nSPS) is 18.9. The van der Waals surface area contributed by atoms with Crippen molar-refractivity contribution in [1.29, 1.82) is 0 Å². The topological polar surface area (TPSA) is 32.3 Å². The molecule has 1 saturated heterocycles. The van der Waals surface area contributed by atoms with Gasteiger partial charge in [-0.15, -0.1) is 5.10 Å². The molecule has 0 aliphatic carbocycles. The number of likely N-dealkylation sites (N-methyl/N-ethyl adjacent to an activating group) is 1. The zero-order valence-electron chi connectivity index (χ0n) is 12.2. The molecular weight excluding hydrogens is 236 g/mol. The standard InChI is InChI=1S/C15H24N4/c1-13(2)8-11-18(3)12-14-6-5-10-19(14)15-7-4-9-16-17-15/h4,7-9,14H,5-6,10-12H2,1-3H3. The van der Waals surface area contributed by atoms with Crippen LogP contribution in [0.3, 0.4) is 0 Å². The van der Waals surface area contributed by atoms with Crippen LogP contribution in [0.5, 0.6) is 0 Å². The van der Waals surface area contributed by atoms with Gasteiger partial charge in [0.15, 0.2) is 5.82 Å². The molecular formula is C15H24N4. The van der Waals surface area contributed by atoms with E-state index >= 15 is 0 Å². The van der Waals surface area contributed by atoms with Crippen molar-refractivity contribution >= 4 is 5.82 Å². The van der Waals surface area contributed by atoms with Crippen molar-refractivity contribution in [3.05, 3.63) is 30.0 Å². The fraction of sp³-hybridized carbons (Fsp3) is 0.600. The molecule has 1 aliphatic heterocycles. The Morgan fingerprint density at radius 3 is 3.05 bits per heavy atom. The Balaban J connectivity index is 1.94. The van der Waals surface area contributed by atoms with Crippen molar-refractivity contribution < 1.29 is 0 Å². The molecule has 0 radical (unpaired) electrons. The Hall–Kier alpha value is -1.42. The predicted molar refractivity (Wildman–Crippen MR) is 79.3 cm³/mol. The second-order valence-electron chi connectivity index (χ2n) is 5.57. The van der Waals surface area contributed by atoms with Crippen LogP contribution in [0.15, 0.2) is 30.0 Å². The van der Waals surface area contributed by atoms with Crippen molar-refractivity contribution in [3.8, 4) is 0 Å². The summed E-state index contributed by atoms with van der Waals surface area (Å²) in [6.07, 6.45) is 6.50. The minimum absolute atomic E-state index is 0.562. The molecule has 0 spiro atoms. The monoisotopic (exact) mass is 260 g/mol. The summed E-state index contributed by atoms with van der Waals surface area (Å²) in [4.78, 5) is 4.78. The van der Waals surface area contributed by atoms with Gasteiger partial charge in [-0.2, -0.15) is 5.10 Å². The molecule has 0 saturated carbocycles. The first kappa shape index (κ1) is 14.0. The average Bonchev–Trinajstić information content (AvgIpc) is 2.85. The molecule has 0 N–H and O–H groups in total. The van der Waals surface area contributed by atoms with Gasteiger partial charge in [0.1, 0.15) is 0 Å². The van der Waals surface area contributed by atoms with Crippen LogP contribution in [-0.2, 0) is 0 Å². The second kappa shape index (κ2) is 6.66. The van der Waals surface area contributed by atoms with E-state index in [2.05, 4.69) is 53.0 Å². The van der Waals surface area contributed by atoms with Crippen LogP contribution in [0.4, 0.5) is 5.82 Å². The Bertz CT molecular complexity index is 411. The quantitative estimate of drug-likeness (QED) is 0.761. The Morgan fingerprint density at radius 1 is 1.53 bits per heavy atom. The highest BCUT2D eigenvalue weighted by atomic mass is 15.3. The maximum absolute atomic E-state index is 4.24. The van der Waals surface area contributed by atoms with Crippen molar-refractivity contribution in [1.82, 2.24) is 15.1 Å². The maximum Gasteiger partial charge on any atom is 0.151 e. The fourth-order valence-electron chi connectivity index (χ4n) is 2.55. The van der Waals surface area contributed by atoms with Crippen LogP contribution in [-0.4, -0.2) is 47.8 Å². The van der Waals surface area contributed by atoms with Crippen LogP contribution in [0.25, 0.3) is 0 Å². The molecule has 1 fully saturated rings. The van der Waals surface area contributed by atoms with Crippen LogP contribution in [0.2, 0.25) is 0 Å². The van der Waals surface area contributed by atoms with Crippen molar-refractivity contribution in [2.24, 2.45) is 0 Å². The molecule has 0 bridgehead atoms.